The third-order valence-electron chi connectivity index (χ3n) is 6.25. The molecule has 1 heterocycles. The van der Waals surface area contributed by atoms with Crippen LogP contribution in [0.2, 0.25) is 0 Å². The maximum Gasteiger partial charge on any atom is 0.416 e. The molecular weight excluding hydrogens is 541 g/mol. The van der Waals surface area contributed by atoms with Crippen LogP contribution in [0.1, 0.15) is 29.8 Å². The van der Waals surface area contributed by atoms with Crippen LogP contribution in [-0.2, 0) is 16.2 Å². The summed E-state index contributed by atoms with van der Waals surface area (Å²) in [6.45, 7) is 3.30. The first-order valence-corrected chi connectivity index (χ1v) is 13.9. The van der Waals surface area contributed by atoms with Crippen LogP contribution in [0, 0.1) is 5.92 Å². The number of alkyl halides is 3. The quantitative estimate of drug-likeness (QED) is 0.466. The topological polar surface area (TPSA) is 128 Å². The SMILES string of the molecule is C[C@@H]1CN([C@@H](C)CO)C(=O)c2cccc(NS(C)(=O)=O)c2O[C@H]1CN(C)C(=O)Nc1ccc(C(F)(F)F)cc1. The van der Waals surface area contributed by atoms with Gasteiger partial charge >= 0.3 is 12.2 Å². The molecule has 39 heavy (non-hydrogen) atoms. The Kier molecular flexibility index (Phi) is 9.01. The average molecular weight is 573 g/mol. The van der Waals surface area contributed by atoms with Gasteiger partial charge in [0.25, 0.3) is 5.91 Å². The van der Waals surface area contributed by atoms with E-state index in [4.69, 9.17) is 4.74 Å². The normalized spacial score (nSPS) is 18.8. The fourth-order valence-electron chi connectivity index (χ4n) is 4.06. The van der Waals surface area contributed by atoms with Gasteiger partial charge in [0.15, 0.2) is 5.75 Å². The number of fused-ring (bicyclic) bond motifs is 1. The van der Waals surface area contributed by atoms with Crippen LogP contribution in [0.4, 0.5) is 29.3 Å². The Morgan fingerprint density at radius 1 is 1.23 bits per heavy atom. The van der Waals surface area contributed by atoms with Crippen LogP contribution < -0.4 is 14.8 Å². The predicted octanol–water partition coefficient (Wildman–Crippen LogP) is 3.46. The Bertz CT molecular complexity index is 1300. The fraction of sp³-hybridized carbons (Fsp3) is 0.440. The molecule has 0 spiro atoms. The summed E-state index contributed by atoms with van der Waals surface area (Å²) in [5, 5.41) is 12.3. The number of hydrogen-bond acceptors (Lipinski definition) is 6. The molecule has 3 amide bonds. The zero-order chi connectivity index (χ0) is 29.1. The lowest BCUT2D eigenvalue weighted by molar-refractivity contribution is -0.137. The first-order chi connectivity index (χ1) is 18.1. The third kappa shape index (κ3) is 7.53. The molecule has 1 aliphatic rings. The lowest BCUT2D eigenvalue weighted by atomic mass is 9.99. The molecule has 2 aromatic rings. The van der Waals surface area contributed by atoms with Crippen LogP contribution >= 0.6 is 0 Å². The first kappa shape index (κ1) is 30.0. The van der Waals surface area contributed by atoms with Gasteiger partial charge < -0.3 is 25.0 Å². The van der Waals surface area contributed by atoms with E-state index in [1.54, 1.807) is 13.8 Å². The number of rotatable bonds is 7. The molecule has 14 heteroatoms. The van der Waals surface area contributed by atoms with Crippen molar-refractivity contribution in [3.63, 3.8) is 0 Å². The van der Waals surface area contributed by atoms with E-state index in [0.29, 0.717) is 0 Å². The number of likely N-dealkylation sites (N-methyl/N-ethyl adjacent to an activating group) is 1. The summed E-state index contributed by atoms with van der Waals surface area (Å²) in [7, 11) is -2.27. The molecule has 3 rings (SSSR count). The summed E-state index contributed by atoms with van der Waals surface area (Å²) in [6.07, 6.45) is -4.29. The molecule has 0 unspecified atom stereocenters. The minimum Gasteiger partial charge on any atom is -0.485 e. The van der Waals surface area contributed by atoms with Crippen molar-refractivity contribution >= 4 is 33.3 Å². The van der Waals surface area contributed by atoms with Crippen LogP contribution in [0.5, 0.6) is 5.75 Å². The molecular formula is C25H31F3N4O6S. The maximum atomic E-state index is 13.4. The van der Waals surface area contributed by atoms with E-state index in [1.165, 1.54) is 35.0 Å². The van der Waals surface area contributed by atoms with Gasteiger partial charge in [-0.15, -0.1) is 0 Å². The molecule has 3 atom stereocenters. The summed E-state index contributed by atoms with van der Waals surface area (Å²) >= 11 is 0. The molecule has 1 aliphatic heterocycles. The minimum atomic E-state index is -4.51. The number of urea groups is 1. The smallest absolute Gasteiger partial charge is 0.416 e. The second-order valence-electron chi connectivity index (χ2n) is 9.56. The predicted molar refractivity (Wildman–Crippen MR) is 139 cm³/mol. The molecule has 10 nitrogen and oxygen atoms in total. The number of carbonyl (C=O) groups excluding carboxylic acids is 2. The molecule has 0 aromatic heterocycles. The number of anilines is 2. The van der Waals surface area contributed by atoms with Gasteiger partial charge in [-0.1, -0.05) is 13.0 Å². The lowest BCUT2D eigenvalue weighted by Crippen LogP contribution is -2.50. The van der Waals surface area contributed by atoms with E-state index in [2.05, 4.69) is 10.0 Å². The van der Waals surface area contributed by atoms with Crippen LogP contribution in [-0.4, -0.2) is 80.4 Å². The van der Waals surface area contributed by atoms with Gasteiger partial charge in [-0.05, 0) is 43.3 Å². The summed E-state index contributed by atoms with van der Waals surface area (Å²) in [4.78, 5) is 29.0. The van der Waals surface area contributed by atoms with Crippen molar-refractivity contribution in [2.75, 3.05) is 43.0 Å². The molecule has 0 saturated carbocycles. The third-order valence-corrected chi connectivity index (χ3v) is 6.84. The average Bonchev–Trinajstić information content (AvgIpc) is 2.84. The second-order valence-corrected chi connectivity index (χ2v) is 11.3. The number of carbonyl (C=O) groups is 2. The van der Waals surface area contributed by atoms with E-state index >= 15 is 0 Å². The number of aliphatic hydroxyl groups is 1. The Hall–Kier alpha value is -3.52. The van der Waals surface area contributed by atoms with Gasteiger partial charge in [0.2, 0.25) is 10.0 Å². The van der Waals surface area contributed by atoms with Crippen molar-refractivity contribution in [2.45, 2.75) is 32.2 Å². The highest BCUT2D eigenvalue weighted by Crippen LogP contribution is 2.35. The van der Waals surface area contributed by atoms with Crippen molar-refractivity contribution in [2.24, 2.45) is 5.92 Å². The number of benzene rings is 2. The molecule has 0 bridgehead atoms. The van der Waals surface area contributed by atoms with E-state index in [0.717, 1.165) is 30.5 Å². The second kappa shape index (κ2) is 11.7. The number of ether oxygens (including phenoxy) is 1. The summed E-state index contributed by atoms with van der Waals surface area (Å²) in [5.74, 6) is -0.859. The first-order valence-electron chi connectivity index (χ1n) is 12.0. The minimum absolute atomic E-state index is 0.0174. The standard InChI is InChI=1S/C25H31F3N4O6S/c1-15-12-32(16(2)14-33)23(34)19-6-5-7-20(30-39(4,36)37)22(19)38-21(15)13-31(3)24(35)29-18-10-8-17(9-11-18)25(26,27)28/h5-11,15-16,21,30,33H,12-14H2,1-4H3,(H,29,35)/t15-,16+,21+/m1/s1. The van der Waals surface area contributed by atoms with Gasteiger partial charge in [0.1, 0.15) is 6.10 Å². The van der Waals surface area contributed by atoms with E-state index in [1.807, 2.05) is 0 Å². The fourth-order valence-corrected chi connectivity index (χ4v) is 4.62. The van der Waals surface area contributed by atoms with E-state index < -0.39 is 45.8 Å². The highest BCUT2D eigenvalue weighted by molar-refractivity contribution is 7.92. The molecule has 0 fully saturated rings. The number of nitrogens with one attached hydrogen (secondary N) is 2. The molecule has 3 N–H and O–H groups in total. The number of para-hydroxylation sites is 1. The molecule has 0 radical (unpaired) electrons. The summed E-state index contributed by atoms with van der Waals surface area (Å²) < 4.78 is 71.0. The monoisotopic (exact) mass is 572 g/mol. The Labute approximate surface area is 224 Å². The summed E-state index contributed by atoms with van der Waals surface area (Å²) in [5.41, 5.74) is -0.572. The Morgan fingerprint density at radius 2 is 1.87 bits per heavy atom. The molecule has 214 valence electrons. The van der Waals surface area contributed by atoms with Crippen LogP contribution in [0.3, 0.4) is 0 Å². The number of aliphatic hydroxyl groups excluding tert-OH is 1. The zero-order valence-corrected chi connectivity index (χ0v) is 22.6. The van der Waals surface area contributed by atoms with E-state index in [-0.39, 0.29) is 48.3 Å². The highest BCUT2D eigenvalue weighted by Gasteiger charge is 2.35. The van der Waals surface area contributed by atoms with E-state index in [9.17, 15) is 36.3 Å². The number of hydrogen-bond donors (Lipinski definition) is 3. The van der Waals surface area contributed by atoms with Gasteiger partial charge in [-0.25, -0.2) is 13.2 Å². The van der Waals surface area contributed by atoms with Crippen molar-refractivity contribution in [1.29, 1.82) is 0 Å². The number of amides is 3. The highest BCUT2D eigenvalue weighted by atomic mass is 32.2. The number of sulfonamides is 1. The van der Waals surface area contributed by atoms with Gasteiger partial charge in [-0.3, -0.25) is 9.52 Å². The largest absolute Gasteiger partial charge is 0.485 e. The van der Waals surface area contributed by atoms with Crippen LogP contribution in [0.25, 0.3) is 0 Å². The van der Waals surface area contributed by atoms with Crippen molar-refractivity contribution in [1.82, 2.24) is 9.80 Å². The lowest BCUT2D eigenvalue weighted by Gasteiger charge is -2.38. The molecule has 0 aliphatic carbocycles. The van der Waals surface area contributed by atoms with Gasteiger partial charge in [0.05, 0.1) is 42.3 Å². The van der Waals surface area contributed by atoms with Crippen molar-refractivity contribution in [3.05, 3.63) is 53.6 Å². The zero-order valence-electron chi connectivity index (χ0n) is 21.8. The van der Waals surface area contributed by atoms with Gasteiger partial charge in [-0.2, -0.15) is 13.2 Å². The molecule has 0 saturated heterocycles. The number of nitrogens with zero attached hydrogens (tertiary/aromatic N) is 2. The summed E-state index contributed by atoms with van der Waals surface area (Å²) in [6, 6.07) is 7.25. The van der Waals surface area contributed by atoms with Crippen LogP contribution in [0.15, 0.2) is 42.5 Å². The maximum absolute atomic E-state index is 13.4. The Morgan fingerprint density at radius 3 is 2.44 bits per heavy atom. The van der Waals surface area contributed by atoms with Crippen molar-refractivity contribution < 1.29 is 41.0 Å². The molecule has 2 aromatic carbocycles. The van der Waals surface area contributed by atoms with Crippen molar-refractivity contribution in [3.8, 4) is 5.75 Å². The Balaban J connectivity index is 1.89. The number of halogens is 3. The van der Waals surface area contributed by atoms with Gasteiger partial charge in [0, 0.05) is 25.2 Å².